The average Bonchev–Trinajstić information content (AvgIpc) is 4.00. The Morgan fingerprint density at radius 1 is 0.796 bits per heavy atom. The van der Waals surface area contributed by atoms with E-state index < -0.39 is 0 Å². The fourth-order valence-corrected chi connectivity index (χ4v) is 11.1. The van der Waals surface area contributed by atoms with Gasteiger partial charge in [-0.1, -0.05) is 85.6 Å². The van der Waals surface area contributed by atoms with Gasteiger partial charge in [-0.05, 0) is 84.6 Å². The Balaban J connectivity index is 0.964. The van der Waals surface area contributed by atoms with Crippen molar-refractivity contribution in [3.8, 4) is 11.8 Å². The minimum Gasteiger partial charge on any atom is -0.494 e. The lowest BCUT2D eigenvalue weighted by Crippen LogP contribution is -2.63. The standard InChI is InChI=1S/C44H51N5O4S/c50-42-39-33-19-20-34(25-33)40(39)43(51)48(42)28-35-15-7-8-16-36(35)29-49(23-21-46(22-24-49)41-37-17-9-10-18-38(37)54-45-41)30-53-44(52)47(26-31-11-3-1-4-12-31)27-32-13-5-2-6-14-32/h1-6,9-14,17-18,33-36H,7-8,15-16,19-30H2,(H-,50,51)/p+1. The van der Waals surface area contributed by atoms with Crippen molar-refractivity contribution >= 4 is 33.5 Å². The van der Waals surface area contributed by atoms with Gasteiger partial charge in [-0.2, -0.15) is 4.37 Å². The third kappa shape index (κ3) is 6.83. The molecule has 2 aromatic heterocycles. The SMILES string of the molecule is O=C(OC[N+]1(CC2CCCCC2Cn2c(O)c3c(c2O)C2CCC3C2)CCN(c2nsc3ccccc23)CC1)N(Cc1ccccc1)Cc1ccccc1. The van der Waals surface area contributed by atoms with E-state index in [0.29, 0.717) is 66.3 Å². The molecule has 10 heteroatoms. The van der Waals surface area contributed by atoms with E-state index in [1.54, 1.807) is 11.5 Å². The number of benzene rings is 3. The fourth-order valence-electron chi connectivity index (χ4n) is 10.3. The first-order valence-corrected chi connectivity index (χ1v) is 20.8. The summed E-state index contributed by atoms with van der Waals surface area (Å²) in [5, 5.41) is 24.1. The predicted molar refractivity (Wildman–Crippen MR) is 213 cm³/mol. The maximum Gasteiger partial charge on any atom is 0.414 e. The van der Waals surface area contributed by atoms with Gasteiger partial charge in [0.05, 0.1) is 37.4 Å². The summed E-state index contributed by atoms with van der Waals surface area (Å²) >= 11 is 1.56. The van der Waals surface area contributed by atoms with Gasteiger partial charge >= 0.3 is 6.09 Å². The van der Waals surface area contributed by atoms with Crippen LogP contribution in [-0.4, -0.2) is 74.1 Å². The lowest BCUT2D eigenvalue weighted by Gasteiger charge is -2.47. The molecule has 9 rings (SSSR count). The molecule has 1 saturated heterocycles. The maximum atomic E-state index is 14.1. The molecule has 1 aliphatic heterocycles. The molecular weight excluding hydrogens is 695 g/mol. The number of nitrogens with zero attached hydrogens (tertiary/aromatic N) is 5. The topological polar surface area (TPSA) is 91.1 Å². The Morgan fingerprint density at radius 2 is 1.39 bits per heavy atom. The summed E-state index contributed by atoms with van der Waals surface area (Å²) in [5.41, 5.74) is 4.18. The van der Waals surface area contributed by atoms with E-state index in [4.69, 9.17) is 9.11 Å². The number of anilines is 1. The van der Waals surface area contributed by atoms with Crippen LogP contribution in [0.3, 0.4) is 0 Å². The van der Waals surface area contributed by atoms with E-state index in [0.717, 1.165) is 99.3 Å². The number of piperazine rings is 1. The summed E-state index contributed by atoms with van der Waals surface area (Å²) < 4.78 is 15.1. The van der Waals surface area contributed by atoms with Gasteiger partial charge in [-0.3, -0.25) is 14.0 Å². The predicted octanol–water partition coefficient (Wildman–Crippen LogP) is 8.81. The summed E-state index contributed by atoms with van der Waals surface area (Å²) in [7, 11) is 0. The molecule has 1 amide bonds. The molecule has 5 aromatic rings. The van der Waals surface area contributed by atoms with Crippen molar-refractivity contribution in [2.45, 2.75) is 76.4 Å². The van der Waals surface area contributed by atoms with Gasteiger partial charge in [0.15, 0.2) is 17.6 Å². The van der Waals surface area contributed by atoms with Crippen molar-refractivity contribution in [1.82, 2.24) is 13.8 Å². The normalized spacial score (nSPS) is 23.1. The zero-order chi connectivity index (χ0) is 36.6. The summed E-state index contributed by atoms with van der Waals surface area (Å²) in [6, 6.07) is 28.7. The zero-order valence-corrected chi connectivity index (χ0v) is 31.9. The first kappa shape index (κ1) is 35.2. The van der Waals surface area contributed by atoms with E-state index in [2.05, 4.69) is 53.4 Å². The molecule has 3 aliphatic carbocycles. The Hall–Kier alpha value is -4.54. The molecule has 4 unspecified atom stereocenters. The second kappa shape index (κ2) is 14.9. The van der Waals surface area contributed by atoms with Crippen LogP contribution in [-0.2, 0) is 24.4 Å². The molecule has 2 saturated carbocycles. The number of aromatic hydroxyl groups is 2. The Kier molecular flexibility index (Phi) is 9.74. The fraction of sp³-hybridized carbons (Fsp3) is 0.455. The molecule has 282 valence electrons. The molecule has 3 heterocycles. The van der Waals surface area contributed by atoms with E-state index in [1.807, 2.05) is 45.9 Å². The molecule has 3 aromatic carbocycles. The monoisotopic (exact) mass is 746 g/mol. The van der Waals surface area contributed by atoms with Crippen LogP contribution in [0, 0.1) is 11.8 Å². The number of hydrogen-bond donors (Lipinski definition) is 2. The third-order valence-corrected chi connectivity index (χ3v) is 14.0. The minimum atomic E-state index is -0.292. The Labute approximate surface area is 322 Å². The van der Waals surface area contributed by atoms with Gasteiger partial charge in [-0.25, -0.2) is 4.79 Å². The van der Waals surface area contributed by atoms with Crippen LogP contribution < -0.4 is 4.90 Å². The minimum absolute atomic E-state index is 0.292. The molecule has 0 spiro atoms. The van der Waals surface area contributed by atoms with Crippen molar-refractivity contribution in [3.63, 3.8) is 0 Å². The number of quaternary nitrogens is 1. The van der Waals surface area contributed by atoms with Crippen LogP contribution >= 0.6 is 11.5 Å². The maximum absolute atomic E-state index is 14.1. The molecular formula is C44H52N5O4S+. The van der Waals surface area contributed by atoms with E-state index >= 15 is 0 Å². The van der Waals surface area contributed by atoms with Crippen molar-refractivity contribution in [1.29, 1.82) is 0 Å². The molecule has 2 bridgehead atoms. The molecule has 54 heavy (non-hydrogen) atoms. The van der Waals surface area contributed by atoms with Crippen LogP contribution in [0.25, 0.3) is 10.1 Å². The summed E-state index contributed by atoms with van der Waals surface area (Å²) in [5.74, 6) is 3.13. The number of carbonyl (C=O) groups excluding carboxylic acids is 1. The average molecular weight is 747 g/mol. The molecule has 4 atom stereocenters. The number of carbonyl (C=O) groups is 1. The number of aromatic nitrogens is 2. The van der Waals surface area contributed by atoms with Crippen LogP contribution in [0.4, 0.5) is 10.6 Å². The van der Waals surface area contributed by atoms with Crippen LogP contribution in [0.2, 0.25) is 0 Å². The molecule has 9 nitrogen and oxygen atoms in total. The highest BCUT2D eigenvalue weighted by atomic mass is 32.1. The van der Waals surface area contributed by atoms with E-state index in [9.17, 15) is 15.0 Å². The summed E-state index contributed by atoms with van der Waals surface area (Å²) in [6.45, 7) is 6.13. The number of hydrogen-bond acceptors (Lipinski definition) is 7. The Bertz CT molecular complexity index is 2000. The Morgan fingerprint density at radius 3 is 2.04 bits per heavy atom. The quantitative estimate of drug-likeness (QED) is 0.131. The lowest BCUT2D eigenvalue weighted by molar-refractivity contribution is -0.947. The van der Waals surface area contributed by atoms with Crippen molar-refractivity contribution in [2.24, 2.45) is 11.8 Å². The van der Waals surface area contributed by atoms with Crippen LogP contribution in [0.15, 0.2) is 84.9 Å². The first-order valence-electron chi connectivity index (χ1n) is 20.0. The highest BCUT2D eigenvalue weighted by Crippen LogP contribution is 2.60. The number of rotatable bonds is 11. The lowest BCUT2D eigenvalue weighted by atomic mass is 9.78. The molecule has 0 radical (unpaired) electrons. The molecule has 3 fully saturated rings. The van der Waals surface area contributed by atoms with Crippen molar-refractivity contribution in [2.75, 3.05) is 44.4 Å². The van der Waals surface area contributed by atoms with Crippen LogP contribution in [0.5, 0.6) is 11.8 Å². The molecule has 4 aliphatic rings. The largest absolute Gasteiger partial charge is 0.494 e. The second-order valence-electron chi connectivity index (χ2n) is 16.4. The van der Waals surface area contributed by atoms with Crippen molar-refractivity contribution < 1.29 is 24.2 Å². The summed E-state index contributed by atoms with van der Waals surface area (Å²) in [4.78, 5) is 18.4. The van der Waals surface area contributed by atoms with Gasteiger partial charge in [-0.15, -0.1) is 0 Å². The van der Waals surface area contributed by atoms with Gasteiger partial charge in [0, 0.05) is 42.1 Å². The second-order valence-corrected chi connectivity index (χ2v) is 17.2. The number of fused-ring (bicyclic) bond motifs is 6. The van der Waals surface area contributed by atoms with E-state index in [-0.39, 0.29) is 6.09 Å². The van der Waals surface area contributed by atoms with Crippen molar-refractivity contribution in [3.05, 3.63) is 107 Å². The van der Waals surface area contributed by atoms with Gasteiger partial charge in [0.1, 0.15) is 0 Å². The summed E-state index contributed by atoms with van der Waals surface area (Å²) in [6.07, 6.45) is 7.49. The first-order chi connectivity index (χ1) is 26.4. The highest BCUT2D eigenvalue weighted by molar-refractivity contribution is 7.13. The third-order valence-electron chi connectivity index (χ3n) is 13.1. The number of amides is 1. The molecule has 2 N–H and O–H groups in total. The van der Waals surface area contributed by atoms with Gasteiger partial charge in [0.2, 0.25) is 6.73 Å². The van der Waals surface area contributed by atoms with Crippen LogP contribution in [0.1, 0.15) is 79.0 Å². The van der Waals surface area contributed by atoms with E-state index in [1.165, 1.54) is 16.5 Å². The zero-order valence-electron chi connectivity index (χ0n) is 31.1. The van der Waals surface area contributed by atoms with Gasteiger partial charge < -0.3 is 19.8 Å². The van der Waals surface area contributed by atoms with Gasteiger partial charge in [0.25, 0.3) is 0 Å². The number of ether oxygens (including phenoxy) is 1. The smallest absolute Gasteiger partial charge is 0.414 e. The highest BCUT2D eigenvalue weighted by Gasteiger charge is 2.45.